The van der Waals surface area contributed by atoms with Crippen molar-refractivity contribution in [2.24, 2.45) is 0 Å². The molecule has 0 atom stereocenters. The summed E-state index contributed by atoms with van der Waals surface area (Å²) in [6.45, 7) is 5.61. The normalized spacial score (nSPS) is 11.2. The topological polar surface area (TPSA) is 128 Å². The largest absolute Gasteiger partial charge is 0.471 e. The summed E-state index contributed by atoms with van der Waals surface area (Å²) in [5.74, 6) is 0.307. The molecule has 1 amide bonds. The summed E-state index contributed by atoms with van der Waals surface area (Å²) in [6.07, 6.45) is 1.64. The number of aromatic nitrogens is 4. The van der Waals surface area contributed by atoms with Crippen LogP contribution in [0.4, 0.5) is 11.6 Å². The number of hydrogen-bond donors (Lipinski definition) is 2. The number of para-hydroxylation sites is 1. The Balaban J connectivity index is 1.38. The lowest BCUT2D eigenvalue weighted by molar-refractivity contribution is 0.102. The van der Waals surface area contributed by atoms with Gasteiger partial charge >= 0.3 is 0 Å². The van der Waals surface area contributed by atoms with Crippen LogP contribution in [0.15, 0.2) is 71.8 Å². The van der Waals surface area contributed by atoms with Gasteiger partial charge in [0.2, 0.25) is 5.95 Å². The van der Waals surface area contributed by atoms with Gasteiger partial charge in [-0.3, -0.25) is 4.79 Å². The maximum atomic E-state index is 12.7. The van der Waals surface area contributed by atoms with Crippen LogP contribution in [0.1, 0.15) is 27.4 Å². The summed E-state index contributed by atoms with van der Waals surface area (Å²) in [5, 5.41) is 6.93. The number of nitrogens with one attached hydrogen (secondary N) is 2. The van der Waals surface area contributed by atoms with E-state index in [0.717, 1.165) is 11.3 Å². The molecule has 11 heteroatoms. The molecule has 2 N–H and O–H groups in total. The van der Waals surface area contributed by atoms with Crippen molar-refractivity contribution in [1.82, 2.24) is 19.7 Å². The van der Waals surface area contributed by atoms with Crippen molar-refractivity contribution < 1.29 is 17.9 Å². The van der Waals surface area contributed by atoms with E-state index < -0.39 is 15.9 Å². The highest BCUT2D eigenvalue weighted by Crippen LogP contribution is 2.18. The summed E-state index contributed by atoms with van der Waals surface area (Å²) in [6, 6.07) is 16.7. The summed E-state index contributed by atoms with van der Waals surface area (Å²) in [4.78, 5) is 20.8. The molecule has 10 nitrogen and oxygen atoms in total. The third-order valence-corrected chi connectivity index (χ3v) is 6.29. The second-order valence-corrected chi connectivity index (χ2v) is 9.52. The molecule has 2 aromatic heterocycles. The molecule has 0 unspecified atom stereocenters. The molecule has 4 aromatic rings. The van der Waals surface area contributed by atoms with Crippen LogP contribution in [0.3, 0.4) is 0 Å². The van der Waals surface area contributed by atoms with E-state index in [2.05, 4.69) is 25.1 Å². The summed E-state index contributed by atoms with van der Waals surface area (Å²) in [5.41, 5.74) is 2.92. The number of ether oxygens (including phenoxy) is 1. The van der Waals surface area contributed by atoms with Crippen LogP contribution in [0.25, 0.3) is 0 Å². The van der Waals surface area contributed by atoms with Crippen molar-refractivity contribution in [2.45, 2.75) is 32.4 Å². The van der Waals surface area contributed by atoms with Crippen molar-refractivity contribution in [3.05, 3.63) is 89.5 Å². The highest BCUT2D eigenvalue weighted by atomic mass is 32.2. The van der Waals surface area contributed by atoms with E-state index >= 15 is 0 Å². The van der Waals surface area contributed by atoms with Crippen LogP contribution in [-0.4, -0.2) is 34.1 Å². The zero-order chi connectivity index (χ0) is 25.0. The Hall–Kier alpha value is -4.25. The third-order valence-electron chi connectivity index (χ3n) is 4.95. The van der Waals surface area contributed by atoms with Crippen LogP contribution in [0.5, 0.6) is 5.75 Å². The minimum atomic E-state index is -3.89. The zero-order valence-electron chi connectivity index (χ0n) is 19.4. The second kappa shape index (κ2) is 9.94. The first-order valence-electron chi connectivity index (χ1n) is 10.7. The van der Waals surface area contributed by atoms with Gasteiger partial charge < -0.3 is 10.1 Å². The molecule has 0 aliphatic rings. The molecular weight excluding hydrogens is 468 g/mol. The Morgan fingerprint density at radius 1 is 0.971 bits per heavy atom. The van der Waals surface area contributed by atoms with Gasteiger partial charge in [0.1, 0.15) is 5.75 Å². The first kappa shape index (κ1) is 23.9. The van der Waals surface area contributed by atoms with Crippen LogP contribution in [0, 0.1) is 20.8 Å². The average Bonchev–Trinajstić information content (AvgIpc) is 3.27. The molecule has 35 heavy (non-hydrogen) atoms. The Kier molecular flexibility index (Phi) is 6.78. The number of sulfonamides is 1. The lowest BCUT2D eigenvalue weighted by atomic mass is 10.2. The first-order valence-corrected chi connectivity index (χ1v) is 12.2. The van der Waals surface area contributed by atoms with Crippen molar-refractivity contribution >= 4 is 27.6 Å². The minimum Gasteiger partial charge on any atom is -0.471 e. The van der Waals surface area contributed by atoms with Gasteiger partial charge in [0, 0.05) is 23.3 Å². The van der Waals surface area contributed by atoms with Gasteiger partial charge in [-0.1, -0.05) is 18.2 Å². The monoisotopic (exact) mass is 492 g/mol. The lowest BCUT2D eigenvalue weighted by Gasteiger charge is -2.09. The number of rotatable bonds is 8. The number of amides is 1. The van der Waals surface area contributed by atoms with Crippen molar-refractivity contribution in [3.63, 3.8) is 0 Å². The molecule has 2 aromatic carbocycles. The summed E-state index contributed by atoms with van der Waals surface area (Å²) >= 11 is 0. The molecule has 2 heterocycles. The quantitative estimate of drug-likeness (QED) is 0.384. The molecular formula is C24H24N6O4S. The number of hydrogen-bond acceptors (Lipinski definition) is 7. The molecule has 0 saturated heterocycles. The smallest absolute Gasteiger partial charge is 0.276 e. The Morgan fingerprint density at radius 2 is 1.66 bits per heavy atom. The van der Waals surface area contributed by atoms with Gasteiger partial charge in [0.15, 0.2) is 12.4 Å². The van der Waals surface area contributed by atoms with Gasteiger partial charge in [-0.25, -0.2) is 27.8 Å². The van der Waals surface area contributed by atoms with E-state index in [1.165, 1.54) is 28.9 Å². The van der Waals surface area contributed by atoms with Gasteiger partial charge in [0.05, 0.1) is 4.90 Å². The SMILES string of the molecule is Cc1cc(C)nc(NS(=O)(=O)c2ccc(NC(=O)c3ccn(COc4ccccc4C)n3)cc2)n1. The maximum absolute atomic E-state index is 12.7. The highest BCUT2D eigenvalue weighted by molar-refractivity contribution is 7.92. The molecule has 0 aliphatic heterocycles. The summed E-state index contributed by atoms with van der Waals surface area (Å²) in [7, 11) is -3.89. The molecule has 0 aliphatic carbocycles. The number of benzene rings is 2. The predicted octanol–water partition coefficient (Wildman–Crippen LogP) is 3.69. The van der Waals surface area contributed by atoms with E-state index in [1.54, 1.807) is 32.2 Å². The Labute approximate surface area is 203 Å². The average molecular weight is 493 g/mol. The molecule has 0 radical (unpaired) electrons. The van der Waals surface area contributed by atoms with Crippen LogP contribution in [0.2, 0.25) is 0 Å². The number of anilines is 2. The van der Waals surface area contributed by atoms with E-state index in [0.29, 0.717) is 17.1 Å². The Bertz CT molecular complexity index is 1450. The van der Waals surface area contributed by atoms with Crippen molar-refractivity contribution in [1.29, 1.82) is 0 Å². The van der Waals surface area contributed by atoms with E-state index in [1.807, 2.05) is 31.2 Å². The fourth-order valence-corrected chi connectivity index (χ4v) is 4.22. The zero-order valence-corrected chi connectivity index (χ0v) is 20.2. The van der Waals surface area contributed by atoms with E-state index in [-0.39, 0.29) is 23.3 Å². The van der Waals surface area contributed by atoms with Crippen molar-refractivity contribution in [2.75, 3.05) is 10.0 Å². The molecule has 4 rings (SSSR count). The van der Waals surface area contributed by atoms with Gasteiger partial charge in [-0.2, -0.15) is 5.10 Å². The molecule has 180 valence electrons. The van der Waals surface area contributed by atoms with E-state index in [9.17, 15) is 13.2 Å². The molecule has 0 saturated carbocycles. The maximum Gasteiger partial charge on any atom is 0.276 e. The fraction of sp³-hybridized carbons (Fsp3) is 0.167. The molecule has 0 bridgehead atoms. The highest BCUT2D eigenvalue weighted by Gasteiger charge is 2.17. The van der Waals surface area contributed by atoms with Crippen molar-refractivity contribution in [3.8, 4) is 5.75 Å². The Morgan fingerprint density at radius 3 is 2.34 bits per heavy atom. The number of carbonyl (C=O) groups is 1. The molecule has 0 spiro atoms. The van der Waals surface area contributed by atoms with Gasteiger partial charge in [-0.05, 0) is 68.8 Å². The second-order valence-electron chi connectivity index (χ2n) is 7.84. The van der Waals surface area contributed by atoms with Crippen LogP contribution >= 0.6 is 0 Å². The fourth-order valence-electron chi connectivity index (χ4n) is 3.27. The van der Waals surface area contributed by atoms with Gasteiger partial charge in [-0.15, -0.1) is 0 Å². The van der Waals surface area contributed by atoms with Crippen LogP contribution in [-0.2, 0) is 16.8 Å². The summed E-state index contributed by atoms with van der Waals surface area (Å²) < 4.78 is 34.9. The van der Waals surface area contributed by atoms with E-state index in [4.69, 9.17) is 4.74 Å². The number of aryl methyl sites for hydroxylation is 3. The predicted molar refractivity (Wildman–Crippen MR) is 131 cm³/mol. The lowest BCUT2D eigenvalue weighted by Crippen LogP contribution is -2.16. The standard InChI is InChI=1S/C24H24N6O4S/c1-16-6-4-5-7-22(16)34-15-30-13-12-21(28-30)23(31)27-19-8-10-20(11-9-19)35(32,33)29-24-25-17(2)14-18(3)26-24/h4-14H,15H2,1-3H3,(H,27,31)(H,25,26,29). The minimum absolute atomic E-state index is 0.00173. The third kappa shape index (κ3) is 6.01. The first-order chi connectivity index (χ1) is 16.7. The van der Waals surface area contributed by atoms with Gasteiger partial charge in [0.25, 0.3) is 15.9 Å². The molecule has 0 fully saturated rings. The number of nitrogens with zero attached hydrogens (tertiary/aromatic N) is 4. The number of carbonyl (C=O) groups excluding carboxylic acids is 1. The van der Waals surface area contributed by atoms with Crippen LogP contribution < -0.4 is 14.8 Å².